The first-order valence-corrected chi connectivity index (χ1v) is 6.92. The average Bonchev–Trinajstić information content (AvgIpc) is 2.78. The molecule has 2 aromatic rings. The first kappa shape index (κ1) is 12.3. The van der Waals surface area contributed by atoms with Crippen molar-refractivity contribution >= 4 is 11.3 Å². The topological polar surface area (TPSA) is 12.0 Å². The van der Waals surface area contributed by atoms with Crippen molar-refractivity contribution in [1.29, 1.82) is 0 Å². The van der Waals surface area contributed by atoms with Crippen molar-refractivity contribution in [3.63, 3.8) is 0 Å². The summed E-state index contributed by atoms with van der Waals surface area (Å²) >= 11 is 1.88. The van der Waals surface area contributed by atoms with Crippen molar-refractivity contribution in [1.82, 2.24) is 5.32 Å². The van der Waals surface area contributed by atoms with Gasteiger partial charge in [0.05, 0.1) is 0 Å². The van der Waals surface area contributed by atoms with Crippen LogP contribution in [0.5, 0.6) is 0 Å². The van der Waals surface area contributed by atoms with Crippen LogP contribution in [0.1, 0.15) is 18.7 Å². The predicted octanol–water partition coefficient (Wildman–Crippen LogP) is 4.16. The Bertz CT molecular complexity index is 445. The Balaban J connectivity index is 1.97. The van der Waals surface area contributed by atoms with E-state index in [1.54, 1.807) is 0 Å². The standard InChI is InChI=1S/C15H19NS/c1-12(2)10-16-11-14-8-9-15(17-14)13-6-4-3-5-7-13/h3-9,12,16H,10-11H2,1-2H3. The zero-order valence-electron chi connectivity index (χ0n) is 10.4. The minimum Gasteiger partial charge on any atom is -0.312 e. The molecule has 0 saturated carbocycles. The second-order valence-corrected chi connectivity index (χ2v) is 5.83. The molecule has 0 aliphatic carbocycles. The lowest BCUT2D eigenvalue weighted by Crippen LogP contribution is -2.18. The zero-order chi connectivity index (χ0) is 12.1. The van der Waals surface area contributed by atoms with Crippen LogP contribution in [0.25, 0.3) is 10.4 Å². The van der Waals surface area contributed by atoms with Crippen LogP contribution in [0.15, 0.2) is 42.5 Å². The van der Waals surface area contributed by atoms with E-state index in [1.807, 2.05) is 11.3 Å². The fourth-order valence-electron chi connectivity index (χ4n) is 1.71. The maximum Gasteiger partial charge on any atom is 0.0346 e. The number of hydrogen-bond donors (Lipinski definition) is 1. The third kappa shape index (κ3) is 3.69. The van der Waals surface area contributed by atoms with Gasteiger partial charge in [0.1, 0.15) is 0 Å². The van der Waals surface area contributed by atoms with Crippen LogP contribution < -0.4 is 5.32 Å². The van der Waals surface area contributed by atoms with Gasteiger partial charge in [-0.05, 0) is 30.2 Å². The van der Waals surface area contributed by atoms with Crippen LogP contribution in [0, 0.1) is 5.92 Å². The highest BCUT2D eigenvalue weighted by Gasteiger charge is 2.02. The molecular formula is C15H19NS. The Hall–Kier alpha value is -1.12. The molecule has 0 radical (unpaired) electrons. The van der Waals surface area contributed by atoms with Gasteiger partial charge in [-0.25, -0.2) is 0 Å². The highest BCUT2D eigenvalue weighted by atomic mass is 32.1. The maximum absolute atomic E-state index is 3.48. The van der Waals surface area contributed by atoms with Gasteiger partial charge in [0.15, 0.2) is 0 Å². The molecule has 1 N–H and O–H groups in total. The molecule has 1 heterocycles. The predicted molar refractivity (Wildman–Crippen MR) is 76.3 cm³/mol. The van der Waals surface area contributed by atoms with Gasteiger partial charge in [0.25, 0.3) is 0 Å². The smallest absolute Gasteiger partial charge is 0.0346 e. The summed E-state index contributed by atoms with van der Waals surface area (Å²) < 4.78 is 0. The number of benzene rings is 1. The Labute approximate surface area is 108 Å². The van der Waals surface area contributed by atoms with Crippen LogP contribution in [0.3, 0.4) is 0 Å². The Morgan fingerprint density at radius 2 is 1.82 bits per heavy atom. The molecule has 1 aromatic heterocycles. The number of rotatable bonds is 5. The molecule has 0 spiro atoms. The van der Waals surface area contributed by atoms with Gasteiger partial charge < -0.3 is 5.32 Å². The monoisotopic (exact) mass is 245 g/mol. The van der Waals surface area contributed by atoms with Crippen LogP contribution in [0.4, 0.5) is 0 Å². The first-order valence-electron chi connectivity index (χ1n) is 6.10. The van der Waals surface area contributed by atoms with Crippen LogP contribution >= 0.6 is 11.3 Å². The van der Waals surface area contributed by atoms with E-state index in [2.05, 4.69) is 61.6 Å². The van der Waals surface area contributed by atoms with Crippen molar-refractivity contribution < 1.29 is 0 Å². The molecule has 0 unspecified atom stereocenters. The summed E-state index contributed by atoms with van der Waals surface area (Å²) in [4.78, 5) is 2.76. The summed E-state index contributed by atoms with van der Waals surface area (Å²) in [6, 6.07) is 15.0. The van der Waals surface area contributed by atoms with E-state index in [1.165, 1.54) is 15.3 Å². The van der Waals surface area contributed by atoms with Gasteiger partial charge in [0.2, 0.25) is 0 Å². The summed E-state index contributed by atoms with van der Waals surface area (Å²) in [6.45, 7) is 6.53. The lowest BCUT2D eigenvalue weighted by Gasteiger charge is -2.05. The largest absolute Gasteiger partial charge is 0.312 e. The molecule has 0 atom stereocenters. The zero-order valence-corrected chi connectivity index (χ0v) is 11.3. The second kappa shape index (κ2) is 5.99. The maximum atomic E-state index is 3.48. The molecule has 2 rings (SSSR count). The Kier molecular flexibility index (Phi) is 4.35. The van der Waals surface area contributed by atoms with E-state index in [4.69, 9.17) is 0 Å². The molecule has 0 fully saturated rings. The number of thiophene rings is 1. The van der Waals surface area contributed by atoms with Gasteiger partial charge in [0, 0.05) is 16.3 Å². The molecule has 90 valence electrons. The van der Waals surface area contributed by atoms with Crippen molar-refractivity contribution in [3.8, 4) is 10.4 Å². The summed E-state index contributed by atoms with van der Waals surface area (Å²) in [6.07, 6.45) is 0. The molecule has 0 amide bonds. The fraction of sp³-hybridized carbons (Fsp3) is 0.333. The lowest BCUT2D eigenvalue weighted by molar-refractivity contribution is 0.555. The molecule has 2 heteroatoms. The third-order valence-electron chi connectivity index (χ3n) is 2.57. The van der Waals surface area contributed by atoms with Gasteiger partial charge in [-0.1, -0.05) is 44.2 Å². The van der Waals surface area contributed by atoms with Crippen LogP contribution in [-0.2, 0) is 6.54 Å². The minimum atomic E-state index is 0.712. The molecular weight excluding hydrogens is 226 g/mol. The molecule has 0 saturated heterocycles. The van der Waals surface area contributed by atoms with E-state index in [9.17, 15) is 0 Å². The summed E-state index contributed by atoms with van der Waals surface area (Å²) in [5, 5.41) is 3.48. The normalized spacial score (nSPS) is 11.0. The van der Waals surface area contributed by atoms with Gasteiger partial charge in [-0.2, -0.15) is 0 Å². The molecule has 0 aliphatic heterocycles. The highest BCUT2D eigenvalue weighted by molar-refractivity contribution is 7.15. The fourth-order valence-corrected chi connectivity index (χ4v) is 2.70. The molecule has 0 bridgehead atoms. The summed E-state index contributed by atoms with van der Waals surface area (Å²) in [5.74, 6) is 0.712. The number of hydrogen-bond acceptors (Lipinski definition) is 2. The summed E-state index contributed by atoms with van der Waals surface area (Å²) in [7, 11) is 0. The minimum absolute atomic E-state index is 0.712. The first-order chi connectivity index (χ1) is 8.25. The number of nitrogens with one attached hydrogen (secondary N) is 1. The second-order valence-electron chi connectivity index (χ2n) is 4.66. The lowest BCUT2D eigenvalue weighted by atomic mass is 10.2. The van der Waals surface area contributed by atoms with Crippen molar-refractivity contribution in [3.05, 3.63) is 47.3 Å². The quantitative estimate of drug-likeness (QED) is 0.834. The Morgan fingerprint density at radius 3 is 2.53 bits per heavy atom. The van der Waals surface area contributed by atoms with E-state index < -0.39 is 0 Å². The molecule has 0 aliphatic rings. The summed E-state index contributed by atoms with van der Waals surface area (Å²) in [5.41, 5.74) is 1.31. The SMILES string of the molecule is CC(C)CNCc1ccc(-c2ccccc2)s1. The van der Waals surface area contributed by atoms with Gasteiger partial charge in [-0.15, -0.1) is 11.3 Å². The van der Waals surface area contributed by atoms with Crippen LogP contribution in [-0.4, -0.2) is 6.54 Å². The van der Waals surface area contributed by atoms with Gasteiger partial charge >= 0.3 is 0 Å². The van der Waals surface area contributed by atoms with Crippen LogP contribution in [0.2, 0.25) is 0 Å². The molecule has 17 heavy (non-hydrogen) atoms. The van der Waals surface area contributed by atoms with Crippen molar-refractivity contribution in [2.75, 3.05) is 6.54 Å². The van der Waals surface area contributed by atoms with Crippen molar-refractivity contribution in [2.24, 2.45) is 5.92 Å². The third-order valence-corrected chi connectivity index (χ3v) is 3.71. The van der Waals surface area contributed by atoms with E-state index in [-0.39, 0.29) is 0 Å². The van der Waals surface area contributed by atoms with E-state index in [0.29, 0.717) is 5.92 Å². The van der Waals surface area contributed by atoms with Crippen molar-refractivity contribution in [2.45, 2.75) is 20.4 Å². The molecule has 1 nitrogen and oxygen atoms in total. The highest BCUT2D eigenvalue weighted by Crippen LogP contribution is 2.27. The Morgan fingerprint density at radius 1 is 1.06 bits per heavy atom. The van der Waals surface area contributed by atoms with E-state index in [0.717, 1.165) is 13.1 Å². The molecule has 1 aromatic carbocycles. The average molecular weight is 245 g/mol. The van der Waals surface area contributed by atoms with E-state index >= 15 is 0 Å². The van der Waals surface area contributed by atoms with Gasteiger partial charge in [-0.3, -0.25) is 0 Å².